The number of aromatic nitrogens is 4. The fourth-order valence-corrected chi connectivity index (χ4v) is 4.91. The molecular weight excluding hydrogens is 418 g/mol. The van der Waals surface area contributed by atoms with E-state index in [0.29, 0.717) is 12.2 Å². The van der Waals surface area contributed by atoms with Crippen molar-refractivity contribution in [3.63, 3.8) is 0 Å². The quantitative estimate of drug-likeness (QED) is 0.477. The number of aliphatic carboxylic acids is 1. The molecule has 2 aromatic rings. The highest BCUT2D eigenvalue weighted by atomic mass is 16.4. The Morgan fingerprint density at radius 3 is 2.48 bits per heavy atom. The molecule has 4 rings (SSSR count). The highest BCUT2D eigenvalue weighted by molar-refractivity contribution is 6.11. The van der Waals surface area contributed by atoms with Gasteiger partial charge in [0.05, 0.1) is 6.04 Å². The van der Waals surface area contributed by atoms with E-state index in [0.717, 1.165) is 34.3 Å². The van der Waals surface area contributed by atoms with Crippen LogP contribution in [0.3, 0.4) is 0 Å². The minimum Gasteiger partial charge on any atom is -0.480 e. The highest BCUT2D eigenvalue weighted by Gasteiger charge is 2.54. The van der Waals surface area contributed by atoms with E-state index in [2.05, 4.69) is 25.9 Å². The Bertz CT molecular complexity index is 1150. The van der Waals surface area contributed by atoms with Gasteiger partial charge >= 0.3 is 5.97 Å². The molecule has 1 aromatic carbocycles. The maximum absolute atomic E-state index is 13.6. The van der Waals surface area contributed by atoms with Crippen molar-refractivity contribution in [3.05, 3.63) is 65.0 Å². The lowest BCUT2D eigenvalue weighted by molar-refractivity contribution is -0.154. The number of benzene rings is 1. The minimum absolute atomic E-state index is 0.288. The summed E-state index contributed by atoms with van der Waals surface area (Å²) >= 11 is 0. The third-order valence-corrected chi connectivity index (χ3v) is 6.66. The number of H-pyrrole nitrogens is 1. The van der Waals surface area contributed by atoms with Crippen LogP contribution in [0.4, 0.5) is 0 Å². The van der Waals surface area contributed by atoms with Crippen molar-refractivity contribution in [1.82, 2.24) is 25.9 Å². The molecule has 1 aromatic heterocycles. The van der Waals surface area contributed by atoms with Gasteiger partial charge in [-0.2, -0.15) is 5.21 Å². The van der Waals surface area contributed by atoms with E-state index in [4.69, 9.17) is 0 Å². The zero-order valence-corrected chi connectivity index (χ0v) is 19.3. The molecule has 0 spiro atoms. The fourth-order valence-electron chi connectivity index (χ4n) is 4.91. The van der Waals surface area contributed by atoms with E-state index in [-0.39, 0.29) is 11.7 Å². The summed E-state index contributed by atoms with van der Waals surface area (Å²) in [7, 11) is 0. The van der Waals surface area contributed by atoms with Gasteiger partial charge in [0.1, 0.15) is 0 Å². The monoisotopic (exact) mass is 447 g/mol. The third-order valence-electron chi connectivity index (χ3n) is 6.66. The van der Waals surface area contributed by atoms with Crippen LogP contribution in [0.1, 0.15) is 51.9 Å². The highest BCUT2D eigenvalue weighted by Crippen LogP contribution is 2.50. The second kappa shape index (κ2) is 8.86. The van der Waals surface area contributed by atoms with Crippen molar-refractivity contribution >= 4 is 22.9 Å². The van der Waals surface area contributed by atoms with Crippen molar-refractivity contribution in [1.29, 1.82) is 0 Å². The number of fused-ring (bicyclic) bond motifs is 2. The zero-order chi connectivity index (χ0) is 23.8. The SMILES string of the molecule is CCCC(C)C(=O)[C@@](NC1c2ccc(-c3ccccc3)c1c2-c1nn[nH]n1)(C(=O)O)C(C)C. The largest absolute Gasteiger partial charge is 0.480 e. The molecule has 33 heavy (non-hydrogen) atoms. The molecule has 2 aliphatic rings. The van der Waals surface area contributed by atoms with Crippen molar-refractivity contribution in [3.8, 4) is 0 Å². The van der Waals surface area contributed by atoms with Crippen LogP contribution < -0.4 is 5.32 Å². The van der Waals surface area contributed by atoms with Gasteiger partial charge in [0.2, 0.25) is 5.82 Å². The van der Waals surface area contributed by atoms with Gasteiger partial charge < -0.3 is 5.11 Å². The summed E-state index contributed by atoms with van der Waals surface area (Å²) in [5.74, 6) is -1.81. The molecule has 2 bridgehead atoms. The maximum atomic E-state index is 13.6. The number of hydrogen-bond donors (Lipinski definition) is 3. The van der Waals surface area contributed by atoms with Crippen LogP contribution >= 0.6 is 0 Å². The summed E-state index contributed by atoms with van der Waals surface area (Å²) < 4.78 is 0. The molecule has 0 saturated carbocycles. The maximum Gasteiger partial charge on any atom is 0.331 e. The lowest BCUT2D eigenvalue weighted by Crippen LogP contribution is -2.67. The molecule has 1 heterocycles. The summed E-state index contributed by atoms with van der Waals surface area (Å²) in [6, 6.07) is 9.42. The summed E-state index contributed by atoms with van der Waals surface area (Å²) in [6.45, 7) is 7.37. The van der Waals surface area contributed by atoms with Crippen LogP contribution in [0.15, 0.2) is 53.6 Å². The van der Waals surface area contributed by atoms with Crippen LogP contribution in [0.2, 0.25) is 0 Å². The first-order valence-corrected chi connectivity index (χ1v) is 11.3. The van der Waals surface area contributed by atoms with Gasteiger partial charge in [0.25, 0.3) is 0 Å². The van der Waals surface area contributed by atoms with Gasteiger partial charge in [-0.1, -0.05) is 76.6 Å². The Kier molecular flexibility index (Phi) is 6.12. The Hall–Kier alpha value is -3.39. The lowest BCUT2D eigenvalue weighted by atomic mass is 9.66. The molecule has 0 amide bonds. The first-order valence-electron chi connectivity index (χ1n) is 11.3. The normalized spacial score (nSPS) is 20.0. The zero-order valence-electron chi connectivity index (χ0n) is 19.3. The molecule has 0 radical (unpaired) electrons. The van der Waals surface area contributed by atoms with E-state index in [1.807, 2.05) is 56.3 Å². The molecule has 3 atom stereocenters. The molecule has 0 aliphatic heterocycles. The number of nitrogens with zero attached hydrogens (tertiary/aromatic N) is 3. The number of tetrazole rings is 1. The standard InChI is InChI=1S/C25H29N5O3/c1-5-9-15(4)22(31)25(14(2)3,24(32)33)26-21-18-13-12-17(16-10-7-6-8-11-16)19(21)20(18)23-27-29-30-28-23/h6-8,10-15,21,26H,5,9H2,1-4H3,(H,32,33)(H,27,28,29,30)/t15?,21?,25-/m1/s1. The number of carbonyl (C=O) groups excluding carboxylic acids is 1. The molecule has 8 nitrogen and oxygen atoms in total. The number of ketones is 1. The second-order valence-corrected chi connectivity index (χ2v) is 8.99. The first kappa shape index (κ1) is 22.8. The summed E-state index contributed by atoms with van der Waals surface area (Å²) in [4.78, 5) is 26.3. The summed E-state index contributed by atoms with van der Waals surface area (Å²) in [5, 5.41) is 28.2. The molecule has 8 heteroatoms. The smallest absolute Gasteiger partial charge is 0.331 e. The van der Waals surface area contributed by atoms with E-state index < -0.39 is 23.5 Å². The minimum atomic E-state index is -1.72. The average molecular weight is 448 g/mol. The first-order chi connectivity index (χ1) is 15.8. The van der Waals surface area contributed by atoms with Crippen LogP contribution in [0.25, 0.3) is 11.1 Å². The Morgan fingerprint density at radius 2 is 1.91 bits per heavy atom. The number of carboxylic acids is 1. The van der Waals surface area contributed by atoms with Gasteiger partial charge in [-0.15, -0.1) is 10.2 Å². The fraction of sp³-hybridized carbons (Fsp3) is 0.400. The van der Waals surface area contributed by atoms with E-state index in [9.17, 15) is 14.7 Å². The van der Waals surface area contributed by atoms with Gasteiger partial charge in [-0.05, 0) is 39.8 Å². The van der Waals surface area contributed by atoms with Crippen molar-refractivity contribution in [2.24, 2.45) is 11.8 Å². The Balaban J connectivity index is 1.80. The molecule has 0 saturated heterocycles. The number of hydrogen-bond acceptors (Lipinski definition) is 6. The molecule has 172 valence electrons. The average Bonchev–Trinajstić information content (AvgIpc) is 3.33. The second-order valence-electron chi connectivity index (χ2n) is 8.99. The van der Waals surface area contributed by atoms with Crippen molar-refractivity contribution in [2.75, 3.05) is 0 Å². The number of carboxylic acid groups (broad SMARTS) is 1. The van der Waals surface area contributed by atoms with E-state index in [1.54, 1.807) is 13.8 Å². The topological polar surface area (TPSA) is 121 Å². The number of allylic oxidation sites excluding steroid dienone is 2. The van der Waals surface area contributed by atoms with Crippen LogP contribution in [-0.2, 0) is 9.59 Å². The summed E-state index contributed by atoms with van der Waals surface area (Å²) in [6.07, 6.45) is 5.41. The number of rotatable bonds is 10. The molecule has 2 aliphatic carbocycles. The number of aromatic amines is 1. The van der Waals surface area contributed by atoms with Crippen LogP contribution in [-0.4, -0.2) is 49.1 Å². The molecule has 3 N–H and O–H groups in total. The third kappa shape index (κ3) is 3.64. The van der Waals surface area contributed by atoms with Gasteiger partial charge in [-0.3, -0.25) is 10.1 Å². The Labute approximate surface area is 192 Å². The van der Waals surface area contributed by atoms with E-state index in [1.165, 1.54) is 0 Å². The summed E-state index contributed by atoms with van der Waals surface area (Å²) in [5.41, 5.74) is 2.77. The van der Waals surface area contributed by atoms with Gasteiger partial charge in [-0.25, -0.2) is 4.79 Å². The Morgan fingerprint density at radius 1 is 1.18 bits per heavy atom. The van der Waals surface area contributed by atoms with Gasteiger partial charge in [0, 0.05) is 11.5 Å². The number of nitrogens with one attached hydrogen (secondary N) is 2. The van der Waals surface area contributed by atoms with Crippen LogP contribution in [0.5, 0.6) is 0 Å². The predicted molar refractivity (Wildman–Crippen MR) is 125 cm³/mol. The van der Waals surface area contributed by atoms with Crippen molar-refractivity contribution < 1.29 is 14.7 Å². The molecule has 0 fully saturated rings. The van der Waals surface area contributed by atoms with E-state index >= 15 is 0 Å². The molecule has 2 unspecified atom stereocenters. The lowest BCUT2D eigenvalue weighted by Gasteiger charge is -2.46. The number of carbonyl (C=O) groups is 2. The van der Waals surface area contributed by atoms with Crippen LogP contribution in [0, 0.1) is 11.8 Å². The van der Waals surface area contributed by atoms with Crippen molar-refractivity contribution in [2.45, 2.75) is 52.1 Å². The predicted octanol–water partition coefficient (Wildman–Crippen LogP) is 3.43. The van der Waals surface area contributed by atoms with Gasteiger partial charge in [0.15, 0.2) is 11.3 Å². The number of Topliss-reactive ketones (excluding diaryl/α,β-unsaturated/α-hetero) is 1. The molecular formula is C25H29N5O3.